The third-order valence-electron chi connectivity index (χ3n) is 2.85. The molecule has 16 heavy (non-hydrogen) atoms. The highest BCUT2D eigenvalue weighted by atomic mass is 16.4. The summed E-state index contributed by atoms with van der Waals surface area (Å²) in [4.78, 5) is 22.1. The molecule has 2 atom stereocenters. The topological polar surface area (TPSA) is 66.4 Å². The Bertz CT molecular complexity index is 402. The summed E-state index contributed by atoms with van der Waals surface area (Å²) in [6.07, 6.45) is 0.663. The summed E-state index contributed by atoms with van der Waals surface area (Å²) in [5.41, 5.74) is 1.04. The molecule has 1 fully saturated rings. The van der Waals surface area contributed by atoms with E-state index in [4.69, 9.17) is 5.11 Å². The first-order valence-corrected chi connectivity index (χ1v) is 5.23. The van der Waals surface area contributed by atoms with Gasteiger partial charge < -0.3 is 10.4 Å². The molecule has 1 aromatic carbocycles. The molecular weight excluding hydrogens is 206 g/mol. The van der Waals surface area contributed by atoms with Gasteiger partial charge in [0.2, 0.25) is 5.91 Å². The SMILES string of the molecule is O=C1C[C@H](C(=O)O)C(Cc2ccccc2)N1. The van der Waals surface area contributed by atoms with Gasteiger partial charge in [-0.15, -0.1) is 0 Å². The van der Waals surface area contributed by atoms with E-state index in [1.54, 1.807) is 0 Å². The molecule has 1 amide bonds. The van der Waals surface area contributed by atoms with Gasteiger partial charge in [-0.05, 0) is 12.0 Å². The molecule has 0 radical (unpaired) electrons. The number of amides is 1. The lowest BCUT2D eigenvalue weighted by atomic mass is 9.95. The van der Waals surface area contributed by atoms with Gasteiger partial charge in [-0.25, -0.2) is 0 Å². The van der Waals surface area contributed by atoms with Crippen LogP contribution in [0.1, 0.15) is 12.0 Å². The van der Waals surface area contributed by atoms with Crippen LogP contribution in [-0.2, 0) is 16.0 Å². The molecule has 0 aliphatic carbocycles. The number of rotatable bonds is 3. The van der Waals surface area contributed by atoms with Crippen molar-refractivity contribution in [3.05, 3.63) is 35.9 Å². The van der Waals surface area contributed by atoms with Crippen LogP contribution in [0.4, 0.5) is 0 Å². The van der Waals surface area contributed by atoms with Gasteiger partial charge in [0.05, 0.1) is 5.92 Å². The Morgan fingerprint density at radius 1 is 1.38 bits per heavy atom. The van der Waals surface area contributed by atoms with Crippen molar-refractivity contribution in [3.8, 4) is 0 Å². The fraction of sp³-hybridized carbons (Fsp3) is 0.333. The Hall–Kier alpha value is -1.84. The lowest BCUT2D eigenvalue weighted by Crippen LogP contribution is -2.34. The maximum atomic E-state index is 11.2. The number of hydrogen-bond donors (Lipinski definition) is 2. The summed E-state index contributed by atoms with van der Waals surface area (Å²) in [6, 6.07) is 9.30. The zero-order valence-corrected chi connectivity index (χ0v) is 8.72. The van der Waals surface area contributed by atoms with Crippen LogP contribution in [0.3, 0.4) is 0 Å². The number of nitrogens with one attached hydrogen (secondary N) is 1. The van der Waals surface area contributed by atoms with Crippen LogP contribution < -0.4 is 5.32 Å². The smallest absolute Gasteiger partial charge is 0.309 e. The zero-order valence-electron chi connectivity index (χ0n) is 8.72. The minimum atomic E-state index is -0.903. The number of carbonyl (C=O) groups is 2. The molecule has 0 saturated carbocycles. The summed E-state index contributed by atoms with van der Waals surface area (Å²) in [5.74, 6) is -1.68. The molecule has 0 bridgehead atoms. The molecular formula is C12H13NO3. The van der Waals surface area contributed by atoms with Crippen molar-refractivity contribution in [2.24, 2.45) is 5.92 Å². The van der Waals surface area contributed by atoms with Crippen molar-refractivity contribution >= 4 is 11.9 Å². The first-order valence-electron chi connectivity index (χ1n) is 5.23. The Balaban J connectivity index is 2.09. The average Bonchev–Trinajstić information content (AvgIpc) is 2.61. The molecule has 1 unspecified atom stereocenters. The molecule has 4 heteroatoms. The second-order valence-corrected chi connectivity index (χ2v) is 4.01. The lowest BCUT2D eigenvalue weighted by Gasteiger charge is -2.15. The van der Waals surface area contributed by atoms with E-state index in [-0.39, 0.29) is 18.4 Å². The Kier molecular flexibility index (Phi) is 2.90. The van der Waals surface area contributed by atoms with Crippen molar-refractivity contribution in [2.75, 3.05) is 0 Å². The lowest BCUT2D eigenvalue weighted by molar-refractivity contribution is -0.142. The predicted molar refractivity (Wildman–Crippen MR) is 57.8 cm³/mol. The molecule has 2 rings (SSSR count). The highest BCUT2D eigenvalue weighted by Crippen LogP contribution is 2.20. The van der Waals surface area contributed by atoms with Crippen LogP contribution >= 0.6 is 0 Å². The number of carboxylic acid groups (broad SMARTS) is 1. The van der Waals surface area contributed by atoms with Crippen LogP contribution in [0, 0.1) is 5.92 Å². The number of carboxylic acids is 1. The number of benzene rings is 1. The van der Waals surface area contributed by atoms with Crippen LogP contribution in [0.5, 0.6) is 0 Å². The summed E-state index contributed by atoms with van der Waals surface area (Å²) in [5, 5.41) is 11.7. The van der Waals surface area contributed by atoms with Gasteiger partial charge in [0.15, 0.2) is 0 Å². The highest BCUT2D eigenvalue weighted by molar-refractivity contribution is 5.86. The number of hydrogen-bond acceptors (Lipinski definition) is 2. The first kappa shape index (κ1) is 10.7. The predicted octanol–water partition coefficient (Wildman–Crippen LogP) is 0.818. The molecule has 84 valence electrons. The van der Waals surface area contributed by atoms with Crippen LogP contribution in [0.2, 0.25) is 0 Å². The number of carbonyl (C=O) groups excluding carboxylic acids is 1. The van der Waals surface area contributed by atoms with E-state index in [2.05, 4.69) is 5.32 Å². The summed E-state index contributed by atoms with van der Waals surface area (Å²) < 4.78 is 0. The average molecular weight is 219 g/mol. The van der Waals surface area contributed by atoms with E-state index in [9.17, 15) is 9.59 Å². The highest BCUT2D eigenvalue weighted by Gasteiger charge is 2.37. The summed E-state index contributed by atoms with van der Waals surface area (Å²) in [6.45, 7) is 0. The van der Waals surface area contributed by atoms with Crippen molar-refractivity contribution in [2.45, 2.75) is 18.9 Å². The first-order chi connectivity index (χ1) is 7.66. The van der Waals surface area contributed by atoms with E-state index < -0.39 is 11.9 Å². The van der Waals surface area contributed by atoms with E-state index in [0.717, 1.165) is 5.56 Å². The maximum absolute atomic E-state index is 11.2. The van der Waals surface area contributed by atoms with Crippen molar-refractivity contribution in [1.29, 1.82) is 0 Å². The van der Waals surface area contributed by atoms with E-state index in [0.29, 0.717) is 6.42 Å². The van der Waals surface area contributed by atoms with Gasteiger partial charge >= 0.3 is 5.97 Å². The van der Waals surface area contributed by atoms with Crippen LogP contribution in [-0.4, -0.2) is 23.0 Å². The van der Waals surface area contributed by atoms with Crippen molar-refractivity contribution < 1.29 is 14.7 Å². The minimum absolute atomic E-state index is 0.0901. The zero-order chi connectivity index (χ0) is 11.5. The molecule has 0 aromatic heterocycles. The molecule has 0 spiro atoms. The van der Waals surface area contributed by atoms with Gasteiger partial charge in [0.1, 0.15) is 0 Å². The van der Waals surface area contributed by atoms with Gasteiger partial charge in [0, 0.05) is 12.5 Å². The van der Waals surface area contributed by atoms with E-state index in [1.165, 1.54) is 0 Å². The largest absolute Gasteiger partial charge is 0.481 e. The summed E-state index contributed by atoms with van der Waals surface area (Å²) in [7, 11) is 0. The second-order valence-electron chi connectivity index (χ2n) is 4.01. The fourth-order valence-electron chi connectivity index (χ4n) is 2.03. The molecule has 1 aliphatic rings. The molecule has 4 nitrogen and oxygen atoms in total. The normalized spacial score (nSPS) is 24.1. The molecule has 2 N–H and O–H groups in total. The third kappa shape index (κ3) is 2.21. The fourth-order valence-corrected chi connectivity index (χ4v) is 2.03. The van der Waals surface area contributed by atoms with Gasteiger partial charge in [-0.2, -0.15) is 0 Å². The third-order valence-corrected chi connectivity index (χ3v) is 2.85. The number of aliphatic carboxylic acids is 1. The quantitative estimate of drug-likeness (QED) is 0.790. The second kappa shape index (κ2) is 4.35. The molecule has 1 heterocycles. The standard InChI is InChI=1S/C12H13NO3/c14-11-7-9(12(15)16)10(13-11)6-8-4-2-1-3-5-8/h1-5,9-10H,6-7H2,(H,13,14)(H,15,16)/t9-,10?/m0/s1. The maximum Gasteiger partial charge on any atom is 0.309 e. The Morgan fingerprint density at radius 3 is 2.69 bits per heavy atom. The minimum Gasteiger partial charge on any atom is -0.481 e. The Labute approximate surface area is 93.3 Å². The summed E-state index contributed by atoms with van der Waals surface area (Å²) >= 11 is 0. The van der Waals surface area contributed by atoms with Gasteiger partial charge in [-0.1, -0.05) is 30.3 Å². The Morgan fingerprint density at radius 2 is 2.06 bits per heavy atom. The molecule has 1 aromatic rings. The van der Waals surface area contributed by atoms with Gasteiger partial charge in [0.25, 0.3) is 0 Å². The van der Waals surface area contributed by atoms with Crippen molar-refractivity contribution in [1.82, 2.24) is 5.32 Å². The monoisotopic (exact) mass is 219 g/mol. The van der Waals surface area contributed by atoms with Crippen LogP contribution in [0.25, 0.3) is 0 Å². The van der Waals surface area contributed by atoms with E-state index >= 15 is 0 Å². The van der Waals surface area contributed by atoms with Gasteiger partial charge in [-0.3, -0.25) is 9.59 Å². The van der Waals surface area contributed by atoms with Crippen LogP contribution in [0.15, 0.2) is 30.3 Å². The molecule has 1 saturated heterocycles. The van der Waals surface area contributed by atoms with E-state index in [1.807, 2.05) is 30.3 Å². The molecule has 1 aliphatic heterocycles. The van der Waals surface area contributed by atoms with Crippen molar-refractivity contribution in [3.63, 3.8) is 0 Å².